The van der Waals surface area contributed by atoms with Crippen molar-refractivity contribution in [1.82, 2.24) is 5.32 Å². The van der Waals surface area contributed by atoms with E-state index >= 15 is 0 Å². The van der Waals surface area contributed by atoms with Crippen molar-refractivity contribution in [1.29, 1.82) is 0 Å². The van der Waals surface area contributed by atoms with Gasteiger partial charge in [0, 0.05) is 5.56 Å². The van der Waals surface area contributed by atoms with Crippen molar-refractivity contribution in [3.8, 4) is 5.75 Å². The normalized spacial score (nSPS) is 11.7. The Morgan fingerprint density at radius 1 is 1.04 bits per heavy atom. The molecule has 0 aliphatic heterocycles. The zero-order valence-corrected chi connectivity index (χ0v) is 15.1. The van der Waals surface area contributed by atoms with Gasteiger partial charge in [0.2, 0.25) is 5.91 Å². The maximum atomic E-state index is 12.6. The second-order valence-corrected chi connectivity index (χ2v) is 6.30. The van der Waals surface area contributed by atoms with Crippen LogP contribution >= 0.6 is 11.6 Å². The fraction of sp³-hybridized carbons (Fsp3) is 0.263. The van der Waals surface area contributed by atoms with Crippen LogP contribution < -0.4 is 15.4 Å². The number of carbonyl (C=O) groups is 2. The first kappa shape index (κ1) is 18.8. The zero-order valence-electron chi connectivity index (χ0n) is 14.4. The van der Waals surface area contributed by atoms with Crippen LogP contribution in [0.5, 0.6) is 5.75 Å². The van der Waals surface area contributed by atoms with E-state index in [2.05, 4.69) is 10.6 Å². The number of halogens is 1. The number of nitrogens with one attached hydrogen (secondary N) is 2. The Balaban J connectivity index is 2.10. The van der Waals surface area contributed by atoms with Gasteiger partial charge >= 0.3 is 0 Å². The summed E-state index contributed by atoms with van der Waals surface area (Å²) >= 11 is 6.07. The quantitative estimate of drug-likeness (QED) is 0.824. The Bertz CT molecular complexity index is 745. The van der Waals surface area contributed by atoms with Gasteiger partial charge in [-0.15, -0.1) is 0 Å². The summed E-state index contributed by atoms with van der Waals surface area (Å²) < 4.78 is 5.08. The first-order valence-corrected chi connectivity index (χ1v) is 8.30. The minimum Gasteiger partial charge on any atom is -0.497 e. The highest BCUT2D eigenvalue weighted by atomic mass is 35.5. The smallest absolute Gasteiger partial charge is 0.251 e. The molecule has 132 valence electrons. The highest BCUT2D eigenvalue weighted by Gasteiger charge is 2.25. The molecule has 1 unspecified atom stereocenters. The largest absolute Gasteiger partial charge is 0.497 e. The van der Waals surface area contributed by atoms with Crippen molar-refractivity contribution in [3.63, 3.8) is 0 Å². The number of rotatable bonds is 6. The average molecular weight is 361 g/mol. The van der Waals surface area contributed by atoms with E-state index in [9.17, 15) is 9.59 Å². The summed E-state index contributed by atoms with van der Waals surface area (Å²) in [6.07, 6.45) is 0. The summed E-state index contributed by atoms with van der Waals surface area (Å²) in [5.74, 6) is -0.0706. The van der Waals surface area contributed by atoms with E-state index in [1.165, 1.54) is 0 Å². The van der Waals surface area contributed by atoms with E-state index in [1.807, 2.05) is 13.8 Å². The Hall–Kier alpha value is -2.53. The summed E-state index contributed by atoms with van der Waals surface area (Å²) in [4.78, 5) is 25.0. The third kappa shape index (κ3) is 4.97. The third-order valence-electron chi connectivity index (χ3n) is 3.72. The van der Waals surface area contributed by atoms with Gasteiger partial charge in [-0.2, -0.15) is 0 Å². The number of carbonyl (C=O) groups excluding carboxylic acids is 2. The van der Waals surface area contributed by atoms with E-state index < -0.39 is 6.04 Å². The maximum absolute atomic E-state index is 12.6. The molecular weight excluding hydrogens is 340 g/mol. The van der Waals surface area contributed by atoms with E-state index in [0.717, 1.165) is 0 Å². The Morgan fingerprint density at radius 3 is 2.24 bits per heavy atom. The van der Waals surface area contributed by atoms with Gasteiger partial charge < -0.3 is 15.4 Å². The van der Waals surface area contributed by atoms with Gasteiger partial charge in [-0.05, 0) is 42.3 Å². The summed E-state index contributed by atoms with van der Waals surface area (Å²) in [6.45, 7) is 3.73. The van der Waals surface area contributed by atoms with Gasteiger partial charge in [0.15, 0.2) is 0 Å². The number of para-hydroxylation sites is 1. The second kappa shape index (κ2) is 8.53. The minimum atomic E-state index is -0.689. The molecule has 0 saturated heterocycles. The fourth-order valence-electron chi connectivity index (χ4n) is 2.27. The molecule has 6 heteroatoms. The topological polar surface area (TPSA) is 67.4 Å². The van der Waals surface area contributed by atoms with Crippen molar-refractivity contribution < 1.29 is 14.3 Å². The van der Waals surface area contributed by atoms with Gasteiger partial charge in [0.1, 0.15) is 11.8 Å². The minimum absolute atomic E-state index is 0.0929. The van der Waals surface area contributed by atoms with Crippen LogP contribution in [0.1, 0.15) is 24.2 Å². The zero-order chi connectivity index (χ0) is 18.4. The molecular formula is C19H21ClN2O3. The molecule has 0 heterocycles. The van der Waals surface area contributed by atoms with Crippen LogP contribution in [-0.2, 0) is 4.79 Å². The molecule has 0 aliphatic rings. The van der Waals surface area contributed by atoms with E-state index in [0.29, 0.717) is 22.0 Å². The molecule has 0 radical (unpaired) electrons. The predicted octanol–water partition coefficient (Wildman–Crippen LogP) is 3.74. The van der Waals surface area contributed by atoms with Gasteiger partial charge in [-0.3, -0.25) is 9.59 Å². The Labute approximate surface area is 152 Å². The predicted molar refractivity (Wildman–Crippen MR) is 99.2 cm³/mol. The van der Waals surface area contributed by atoms with Crippen molar-refractivity contribution in [2.24, 2.45) is 5.92 Å². The molecule has 1 atom stereocenters. The van der Waals surface area contributed by atoms with Crippen molar-refractivity contribution in [2.75, 3.05) is 12.4 Å². The number of anilines is 1. The van der Waals surface area contributed by atoms with Crippen LogP contribution in [0.15, 0.2) is 48.5 Å². The molecule has 0 aromatic heterocycles. The first-order valence-electron chi connectivity index (χ1n) is 7.92. The Kier molecular flexibility index (Phi) is 6.42. The lowest BCUT2D eigenvalue weighted by Gasteiger charge is -2.22. The lowest BCUT2D eigenvalue weighted by atomic mass is 10.0. The third-order valence-corrected chi connectivity index (χ3v) is 4.05. The molecule has 2 aromatic carbocycles. The fourth-order valence-corrected chi connectivity index (χ4v) is 2.46. The summed E-state index contributed by atoms with van der Waals surface area (Å²) in [7, 11) is 1.56. The van der Waals surface area contributed by atoms with Crippen molar-refractivity contribution in [2.45, 2.75) is 19.9 Å². The molecule has 0 saturated carbocycles. The van der Waals surface area contributed by atoms with Crippen LogP contribution in [0.2, 0.25) is 5.02 Å². The van der Waals surface area contributed by atoms with Crippen molar-refractivity contribution >= 4 is 29.1 Å². The molecule has 2 amide bonds. The average Bonchev–Trinajstić information content (AvgIpc) is 2.61. The van der Waals surface area contributed by atoms with Gasteiger partial charge in [0.25, 0.3) is 5.91 Å². The summed E-state index contributed by atoms with van der Waals surface area (Å²) in [5.41, 5.74) is 0.968. The molecule has 5 nitrogen and oxygen atoms in total. The number of hydrogen-bond acceptors (Lipinski definition) is 3. The molecule has 2 rings (SSSR count). The number of benzene rings is 2. The number of ether oxygens (including phenoxy) is 1. The molecule has 0 bridgehead atoms. The van der Waals surface area contributed by atoms with E-state index in [1.54, 1.807) is 55.6 Å². The van der Waals surface area contributed by atoms with E-state index in [-0.39, 0.29) is 17.7 Å². The van der Waals surface area contributed by atoms with Crippen LogP contribution in [-0.4, -0.2) is 25.0 Å². The van der Waals surface area contributed by atoms with Crippen LogP contribution in [0.4, 0.5) is 5.69 Å². The molecule has 25 heavy (non-hydrogen) atoms. The molecule has 2 N–H and O–H groups in total. The second-order valence-electron chi connectivity index (χ2n) is 5.89. The molecule has 0 spiro atoms. The lowest BCUT2D eigenvalue weighted by molar-refractivity contribution is -0.118. The van der Waals surface area contributed by atoms with Crippen molar-refractivity contribution in [3.05, 3.63) is 59.1 Å². The number of hydrogen-bond donors (Lipinski definition) is 2. The SMILES string of the molecule is COc1ccc(C(=O)NC(C(=O)Nc2ccccc2Cl)C(C)C)cc1. The first-order chi connectivity index (χ1) is 11.9. The van der Waals surface area contributed by atoms with Gasteiger partial charge in [0.05, 0.1) is 17.8 Å². The van der Waals surface area contributed by atoms with Crippen LogP contribution in [0.3, 0.4) is 0 Å². The van der Waals surface area contributed by atoms with Gasteiger partial charge in [-0.25, -0.2) is 0 Å². The monoisotopic (exact) mass is 360 g/mol. The van der Waals surface area contributed by atoms with E-state index in [4.69, 9.17) is 16.3 Å². The maximum Gasteiger partial charge on any atom is 0.251 e. The summed E-state index contributed by atoms with van der Waals surface area (Å²) in [5, 5.41) is 5.98. The van der Waals surface area contributed by atoms with Crippen LogP contribution in [0, 0.1) is 5.92 Å². The standard InChI is InChI=1S/C19H21ClN2O3/c1-12(2)17(19(24)21-16-7-5-4-6-15(16)20)22-18(23)13-8-10-14(25-3)11-9-13/h4-12,17H,1-3H3,(H,21,24)(H,22,23). The molecule has 2 aromatic rings. The molecule has 0 fully saturated rings. The number of amides is 2. The Morgan fingerprint density at radius 2 is 1.68 bits per heavy atom. The van der Waals surface area contributed by atoms with Gasteiger partial charge in [-0.1, -0.05) is 37.6 Å². The van der Waals surface area contributed by atoms with Crippen LogP contribution in [0.25, 0.3) is 0 Å². The highest BCUT2D eigenvalue weighted by Crippen LogP contribution is 2.21. The molecule has 0 aliphatic carbocycles. The highest BCUT2D eigenvalue weighted by molar-refractivity contribution is 6.33. The number of methoxy groups -OCH3 is 1. The lowest BCUT2D eigenvalue weighted by Crippen LogP contribution is -2.47. The summed E-state index contributed by atoms with van der Waals surface area (Å²) in [6, 6.07) is 13.0.